The van der Waals surface area contributed by atoms with Gasteiger partial charge in [-0.2, -0.15) is 0 Å². The van der Waals surface area contributed by atoms with Crippen molar-refractivity contribution in [3.05, 3.63) is 29.0 Å². The summed E-state index contributed by atoms with van der Waals surface area (Å²) < 4.78 is 14.1. The van der Waals surface area contributed by atoms with E-state index in [1.165, 1.54) is 21.3 Å². The fourth-order valence-electron chi connectivity index (χ4n) is 2.37. The molecule has 1 fully saturated rings. The standard InChI is InChI=1S/C16H20O6/c1-9(2)7-11(13(17)20-4)10(3)12-8-16(12,14(18)21-5)15(19)22-6/h12H,3,8H2,1-2,4-6H3. The lowest BCUT2D eigenvalue weighted by atomic mass is 9.95. The predicted molar refractivity (Wildman–Crippen MR) is 77.6 cm³/mol. The largest absolute Gasteiger partial charge is 0.468 e. The Morgan fingerprint density at radius 3 is 1.91 bits per heavy atom. The van der Waals surface area contributed by atoms with Crippen molar-refractivity contribution in [3.63, 3.8) is 0 Å². The van der Waals surface area contributed by atoms with Crippen molar-refractivity contribution < 1.29 is 28.6 Å². The molecule has 120 valence electrons. The number of hydrogen-bond donors (Lipinski definition) is 0. The van der Waals surface area contributed by atoms with Crippen molar-refractivity contribution in [1.82, 2.24) is 0 Å². The van der Waals surface area contributed by atoms with Gasteiger partial charge in [0.2, 0.25) is 0 Å². The molecule has 6 nitrogen and oxygen atoms in total. The molecule has 0 aromatic heterocycles. The van der Waals surface area contributed by atoms with Gasteiger partial charge in [-0.1, -0.05) is 6.58 Å². The van der Waals surface area contributed by atoms with Crippen molar-refractivity contribution in [3.8, 4) is 0 Å². The maximum absolute atomic E-state index is 12.0. The minimum absolute atomic E-state index is 0.113. The van der Waals surface area contributed by atoms with Crippen molar-refractivity contribution in [2.75, 3.05) is 21.3 Å². The van der Waals surface area contributed by atoms with Crippen LogP contribution < -0.4 is 0 Å². The average molecular weight is 308 g/mol. The number of hydrogen-bond acceptors (Lipinski definition) is 6. The van der Waals surface area contributed by atoms with Crippen LogP contribution in [0.5, 0.6) is 0 Å². The van der Waals surface area contributed by atoms with E-state index in [4.69, 9.17) is 14.2 Å². The van der Waals surface area contributed by atoms with Crippen LogP contribution in [-0.2, 0) is 28.6 Å². The molecule has 1 aliphatic rings. The van der Waals surface area contributed by atoms with Gasteiger partial charge >= 0.3 is 17.9 Å². The van der Waals surface area contributed by atoms with Crippen LogP contribution in [0.2, 0.25) is 0 Å². The molecule has 0 aromatic carbocycles. The Bertz CT molecular complexity index is 572. The monoisotopic (exact) mass is 308 g/mol. The Hall–Kier alpha value is -2.33. The zero-order chi connectivity index (χ0) is 17.1. The molecule has 1 unspecified atom stereocenters. The minimum Gasteiger partial charge on any atom is -0.468 e. The molecule has 22 heavy (non-hydrogen) atoms. The van der Waals surface area contributed by atoms with Crippen molar-refractivity contribution in [2.45, 2.75) is 20.3 Å². The van der Waals surface area contributed by atoms with Gasteiger partial charge in [0.1, 0.15) is 5.57 Å². The van der Waals surface area contributed by atoms with E-state index >= 15 is 0 Å². The van der Waals surface area contributed by atoms with Crippen LogP contribution in [0, 0.1) is 11.3 Å². The summed E-state index contributed by atoms with van der Waals surface area (Å²) in [7, 11) is 3.62. The molecule has 1 aliphatic carbocycles. The molecule has 0 amide bonds. The minimum atomic E-state index is -1.44. The normalized spacial score (nSPS) is 17.6. The third-order valence-electron chi connectivity index (χ3n) is 3.57. The summed E-state index contributed by atoms with van der Waals surface area (Å²) in [6, 6.07) is 0. The average Bonchev–Trinajstić information content (AvgIpc) is 3.26. The summed E-state index contributed by atoms with van der Waals surface area (Å²) >= 11 is 0. The fourth-order valence-corrected chi connectivity index (χ4v) is 2.37. The second-order valence-corrected chi connectivity index (χ2v) is 5.23. The quantitative estimate of drug-likeness (QED) is 0.191. The maximum Gasteiger partial charge on any atom is 0.346 e. The SMILES string of the molecule is C=C(C(=C=C(C)C)C(=O)OC)C1CC1(C(=O)OC)C(=O)OC. The summed E-state index contributed by atoms with van der Waals surface area (Å²) in [5, 5.41) is 0. The van der Waals surface area contributed by atoms with Gasteiger partial charge in [-0.05, 0) is 31.4 Å². The molecule has 1 saturated carbocycles. The molecule has 0 aromatic rings. The summed E-state index contributed by atoms with van der Waals surface area (Å²) in [5.74, 6) is -2.60. The Kier molecular flexibility index (Phi) is 5.33. The van der Waals surface area contributed by atoms with E-state index in [9.17, 15) is 14.4 Å². The Morgan fingerprint density at radius 1 is 1.05 bits per heavy atom. The van der Waals surface area contributed by atoms with Gasteiger partial charge in [-0.25, -0.2) is 4.79 Å². The van der Waals surface area contributed by atoms with Crippen LogP contribution in [-0.4, -0.2) is 39.2 Å². The molecule has 0 saturated heterocycles. The van der Waals surface area contributed by atoms with Crippen LogP contribution in [0.15, 0.2) is 29.0 Å². The van der Waals surface area contributed by atoms with E-state index in [0.29, 0.717) is 5.57 Å². The third kappa shape index (κ3) is 2.97. The van der Waals surface area contributed by atoms with Crippen molar-refractivity contribution in [2.24, 2.45) is 11.3 Å². The first-order valence-electron chi connectivity index (χ1n) is 6.64. The highest BCUT2D eigenvalue weighted by Gasteiger charge is 2.69. The van der Waals surface area contributed by atoms with Gasteiger partial charge in [0.25, 0.3) is 0 Å². The number of rotatable bonds is 5. The van der Waals surface area contributed by atoms with Gasteiger partial charge in [0.05, 0.1) is 21.3 Å². The van der Waals surface area contributed by atoms with E-state index in [1.54, 1.807) is 13.8 Å². The van der Waals surface area contributed by atoms with Crippen molar-refractivity contribution >= 4 is 17.9 Å². The third-order valence-corrected chi connectivity index (χ3v) is 3.57. The zero-order valence-corrected chi connectivity index (χ0v) is 13.4. The number of methoxy groups -OCH3 is 3. The molecule has 0 spiro atoms. The first-order chi connectivity index (χ1) is 10.3. The number of ether oxygens (including phenoxy) is 3. The van der Waals surface area contributed by atoms with Crippen LogP contribution in [0.3, 0.4) is 0 Å². The molecule has 0 heterocycles. The van der Waals surface area contributed by atoms with Gasteiger partial charge in [-0.3, -0.25) is 9.59 Å². The highest BCUT2D eigenvalue weighted by molar-refractivity contribution is 6.05. The number of esters is 3. The lowest BCUT2D eigenvalue weighted by molar-refractivity contribution is -0.162. The Balaban J connectivity index is 3.24. The highest BCUT2D eigenvalue weighted by Crippen LogP contribution is 2.59. The second-order valence-electron chi connectivity index (χ2n) is 5.23. The molecule has 1 atom stereocenters. The zero-order valence-electron chi connectivity index (χ0n) is 13.4. The topological polar surface area (TPSA) is 78.9 Å². The van der Waals surface area contributed by atoms with E-state index in [-0.39, 0.29) is 12.0 Å². The molecule has 0 radical (unpaired) electrons. The summed E-state index contributed by atoms with van der Waals surface area (Å²) in [4.78, 5) is 35.8. The smallest absolute Gasteiger partial charge is 0.346 e. The number of carbonyl (C=O) groups excluding carboxylic acids is 3. The Morgan fingerprint density at radius 2 is 1.55 bits per heavy atom. The molecular weight excluding hydrogens is 288 g/mol. The molecule has 1 rings (SSSR count). The van der Waals surface area contributed by atoms with Crippen LogP contribution >= 0.6 is 0 Å². The lowest BCUT2D eigenvalue weighted by Gasteiger charge is -2.14. The maximum atomic E-state index is 12.0. The Labute approximate surface area is 129 Å². The van der Waals surface area contributed by atoms with Gasteiger partial charge in [0, 0.05) is 5.92 Å². The first kappa shape index (κ1) is 17.7. The van der Waals surface area contributed by atoms with Gasteiger partial charge in [0.15, 0.2) is 5.41 Å². The van der Waals surface area contributed by atoms with Crippen LogP contribution in [0.4, 0.5) is 0 Å². The first-order valence-corrected chi connectivity index (χ1v) is 6.64. The van der Waals surface area contributed by atoms with E-state index in [1.807, 2.05) is 0 Å². The molecule has 0 aliphatic heterocycles. The predicted octanol–water partition coefficient (Wildman–Crippen LogP) is 1.56. The fraction of sp³-hybridized carbons (Fsp3) is 0.500. The van der Waals surface area contributed by atoms with Crippen LogP contribution in [0.1, 0.15) is 20.3 Å². The van der Waals surface area contributed by atoms with Gasteiger partial charge < -0.3 is 14.2 Å². The summed E-state index contributed by atoms with van der Waals surface area (Å²) in [5.41, 5.74) is 2.58. The summed E-state index contributed by atoms with van der Waals surface area (Å²) in [6.07, 6.45) is 0.177. The second kappa shape index (κ2) is 6.62. The highest BCUT2D eigenvalue weighted by atomic mass is 16.5. The molecule has 0 N–H and O–H groups in total. The van der Waals surface area contributed by atoms with Crippen molar-refractivity contribution in [1.29, 1.82) is 0 Å². The van der Waals surface area contributed by atoms with E-state index < -0.39 is 29.2 Å². The van der Waals surface area contributed by atoms with Gasteiger partial charge in [-0.15, -0.1) is 5.73 Å². The summed E-state index contributed by atoms with van der Waals surface area (Å²) in [6.45, 7) is 7.36. The number of carbonyl (C=O) groups is 3. The van der Waals surface area contributed by atoms with E-state index in [2.05, 4.69) is 12.3 Å². The molecular formula is C16H20O6. The lowest BCUT2D eigenvalue weighted by Crippen LogP contribution is -2.31. The van der Waals surface area contributed by atoms with Crippen LogP contribution in [0.25, 0.3) is 0 Å². The molecule has 6 heteroatoms. The molecule has 0 bridgehead atoms. The van der Waals surface area contributed by atoms with E-state index in [0.717, 1.165) is 5.57 Å².